The molecule has 0 bridgehead atoms. The summed E-state index contributed by atoms with van der Waals surface area (Å²) in [5.41, 5.74) is 1.51. The fourth-order valence-electron chi connectivity index (χ4n) is 3.19. The van der Waals surface area contributed by atoms with Crippen LogP contribution in [0, 0.1) is 0 Å². The van der Waals surface area contributed by atoms with E-state index >= 15 is 0 Å². The summed E-state index contributed by atoms with van der Waals surface area (Å²) in [5.74, 6) is -2.90. The minimum Gasteiger partial charge on any atom is -0.493 e. The maximum absolute atomic E-state index is 12.0. The minimum absolute atomic E-state index is 0.0675. The van der Waals surface area contributed by atoms with Crippen LogP contribution in [0.4, 0.5) is 11.4 Å². The van der Waals surface area contributed by atoms with Gasteiger partial charge in [-0.2, -0.15) is 0 Å². The molecule has 150 valence electrons. The smallest absolute Gasteiger partial charge is 0.357 e. The van der Waals surface area contributed by atoms with Crippen LogP contribution >= 0.6 is 0 Å². The first-order valence-corrected chi connectivity index (χ1v) is 8.84. The molecule has 4 rings (SSSR count). The molecule has 2 aromatic heterocycles. The van der Waals surface area contributed by atoms with Crippen molar-refractivity contribution >= 4 is 45.0 Å². The molecule has 0 saturated carbocycles. The van der Waals surface area contributed by atoms with Crippen LogP contribution in [0.25, 0.3) is 21.8 Å². The van der Waals surface area contributed by atoms with Gasteiger partial charge in [0.05, 0.1) is 11.0 Å². The predicted molar refractivity (Wildman–Crippen MR) is 108 cm³/mol. The Morgan fingerprint density at radius 3 is 1.47 bits per heavy atom. The summed E-state index contributed by atoms with van der Waals surface area (Å²) in [6.07, 6.45) is 0. The number of hydrogen-bond donors (Lipinski definition) is 2. The number of amides is 2. The van der Waals surface area contributed by atoms with E-state index in [0.717, 1.165) is 0 Å². The summed E-state index contributed by atoms with van der Waals surface area (Å²) >= 11 is 0. The molecular weight excluding hydrogens is 388 g/mol. The third-order valence-electron chi connectivity index (χ3n) is 4.76. The number of fused-ring (bicyclic) bond motifs is 2. The maximum atomic E-state index is 12.0. The van der Waals surface area contributed by atoms with Gasteiger partial charge in [0.15, 0.2) is 11.4 Å². The van der Waals surface area contributed by atoms with E-state index in [1.807, 2.05) is 0 Å². The largest absolute Gasteiger partial charge is 0.493 e. The van der Waals surface area contributed by atoms with E-state index in [1.54, 1.807) is 62.6 Å². The number of benzene rings is 2. The van der Waals surface area contributed by atoms with Crippen LogP contribution in [0.3, 0.4) is 0 Å². The molecule has 0 radical (unpaired) electrons. The van der Waals surface area contributed by atoms with Crippen LogP contribution in [-0.2, 0) is 23.7 Å². The highest BCUT2D eigenvalue weighted by molar-refractivity contribution is 6.35. The Bertz CT molecular complexity index is 1270. The lowest BCUT2D eigenvalue weighted by Crippen LogP contribution is -2.06. The van der Waals surface area contributed by atoms with Crippen LogP contribution in [-0.4, -0.2) is 31.2 Å². The second kappa shape index (κ2) is 7.24. The molecule has 30 heavy (non-hydrogen) atoms. The Morgan fingerprint density at radius 1 is 0.700 bits per heavy atom. The van der Waals surface area contributed by atoms with Crippen LogP contribution in [0.1, 0.15) is 0 Å². The molecule has 4 aromatic rings. The Morgan fingerprint density at radius 2 is 1.07 bits per heavy atom. The molecule has 0 spiro atoms. The second-order valence-corrected chi connectivity index (χ2v) is 6.51. The lowest BCUT2D eigenvalue weighted by atomic mass is 10.2. The molecule has 0 aliphatic heterocycles. The van der Waals surface area contributed by atoms with Crippen molar-refractivity contribution in [1.82, 2.24) is 9.13 Å². The summed E-state index contributed by atoms with van der Waals surface area (Å²) in [7, 11) is 3.27. The summed E-state index contributed by atoms with van der Waals surface area (Å²) in [4.78, 5) is 24.1. The predicted octanol–water partition coefficient (Wildman–Crippen LogP) is 4.00. The normalized spacial score (nSPS) is 11.9. The summed E-state index contributed by atoms with van der Waals surface area (Å²) in [5, 5.41) is 35.7. The second-order valence-electron chi connectivity index (χ2n) is 6.51. The molecule has 0 aliphatic rings. The molecule has 2 amide bonds. The van der Waals surface area contributed by atoms with Crippen molar-refractivity contribution in [3.05, 3.63) is 48.5 Å². The summed E-state index contributed by atoms with van der Waals surface area (Å²) < 4.78 is 2.97. The Hall–Kier alpha value is -4.34. The Balaban J connectivity index is 1.60. The van der Waals surface area contributed by atoms with Crippen molar-refractivity contribution in [3.63, 3.8) is 0 Å². The Labute approximate surface area is 169 Å². The van der Waals surface area contributed by atoms with Crippen LogP contribution < -0.4 is 0 Å². The molecule has 0 fully saturated rings. The van der Waals surface area contributed by atoms with E-state index < -0.39 is 11.8 Å². The zero-order valence-electron chi connectivity index (χ0n) is 16.0. The average molecular weight is 404 g/mol. The first kappa shape index (κ1) is 19.0. The number of aromatic hydroxyl groups is 2. The Kier molecular flexibility index (Phi) is 4.59. The van der Waals surface area contributed by atoms with Gasteiger partial charge in [-0.3, -0.25) is 9.59 Å². The monoisotopic (exact) mass is 404 g/mol. The van der Waals surface area contributed by atoms with Crippen molar-refractivity contribution < 1.29 is 19.8 Å². The molecule has 0 aliphatic carbocycles. The number of hydrogen-bond acceptors (Lipinski definition) is 6. The maximum Gasteiger partial charge on any atom is 0.357 e. The van der Waals surface area contributed by atoms with E-state index in [4.69, 9.17) is 0 Å². The standard InChI is InChI=1S/C20H16N6O4/c1-25-13-9-5-3-7-11(13)15(19(25)29)21-23-17(27)18(28)24-22-16-12-8-4-6-10-14(12)26(2)20(16)30/h3-10,29-30H,1-2H3. The lowest BCUT2D eigenvalue weighted by molar-refractivity contribution is -0.135. The number of aromatic nitrogens is 2. The van der Waals surface area contributed by atoms with Gasteiger partial charge in [0, 0.05) is 24.9 Å². The molecule has 0 atom stereocenters. The highest BCUT2D eigenvalue weighted by Gasteiger charge is 2.18. The van der Waals surface area contributed by atoms with Gasteiger partial charge in [-0.05, 0) is 12.1 Å². The van der Waals surface area contributed by atoms with Crippen molar-refractivity contribution in [2.45, 2.75) is 0 Å². The fraction of sp³-hybridized carbons (Fsp3) is 0.100. The quantitative estimate of drug-likeness (QED) is 0.386. The number of carbonyl (C=O) groups is 2. The summed E-state index contributed by atoms with van der Waals surface area (Å²) in [6.45, 7) is 0. The molecule has 10 nitrogen and oxygen atoms in total. The topological polar surface area (TPSA) is 134 Å². The minimum atomic E-state index is -1.26. The third kappa shape index (κ3) is 3.00. The molecule has 0 saturated heterocycles. The first-order valence-electron chi connectivity index (χ1n) is 8.84. The number of carbonyl (C=O) groups excluding carboxylic acids is 2. The van der Waals surface area contributed by atoms with Gasteiger partial charge < -0.3 is 19.3 Å². The van der Waals surface area contributed by atoms with E-state index in [0.29, 0.717) is 21.8 Å². The van der Waals surface area contributed by atoms with Crippen LogP contribution in [0.15, 0.2) is 69.0 Å². The zero-order chi connectivity index (χ0) is 21.4. The van der Waals surface area contributed by atoms with E-state index in [1.165, 1.54) is 9.13 Å². The van der Waals surface area contributed by atoms with E-state index in [-0.39, 0.29) is 23.1 Å². The van der Waals surface area contributed by atoms with E-state index in [2.05, 4.69) is 20.5 Å². The highest BCUT2D eigenvalue weighted by Crippen LogP contribution is 2.38. The molecule has 10 heteroatoms. The van der Waals surface area contributed by atoms with Gasteiger partial charge in [0.25, 0.3) is 0 Å². The average Bonchev–Trinajstić information content (AvgIpc) is 3.15. The van der Waals surface area contributed by atoms with Crippen LogP contribution in [0.5, 0.6) is 11.8 Å². The first-order chi connectivity index (χ1) is 14.4. The fourth-order valence-corrected chi connectivity index (χ4v) is 3.19. The number of para-hydroxylation sites is 2. The van der Waals surface area contributed by atoms with Crippen molar-refractivity contribution in [2.75, 3.05) is 0 Å². The summed E-state index contributed by atoms with van der Waals surface area (Å²) in [6, 6.07) is 14.0. The van der Waals surface area contributed by atoms with Gasteiger partial charge in [-0.25, -0.2) is 0 Å². The molecule has 2 heterocycles. The lowest BCUT2D eigenvalue weighted by Gasteiger charge is -1.95. The SMILES string of the molecule is Cn1c(O)c(N=NC(=O)C(=O)N=Nc2c(O)n(C)c3ccccc23)c2ccccc21. The molecule has 2 N–H and O–H groups in total. The van der Waals surface area contributed by atoms with Crippen molar-refractivity contribution in [1.29, 1.82) is 0 Å². The zero-order valence-corrected chi connectivity index (χ0v) is 16.0. The van der Waals surface area contributed by atoms with Gasteiger partial charge in [-0.1, -0.05) is 36.4 Å². The molecule has 0 unspecified atom stereocenters. The molecular formula is C20H16N6O4. The molecule has 2 aromatic carbocycles. The number of rotatable bonds is 2. The van der Waals surface area contributed by atoms with Crippen molar-refractivity contribution in [2.24, 2.45) is 34.6 Å². The van der Waals surface area contributed by atoms with Crippen molar-refractivity contribution in [3.8, 4) is 11.8 Å². The van der Waals surface area contributed by atoms with E-state index in [9.17, 15) is 19.8 Å². The number of azo groups is 2. The van der Waals surface area contributed by atoms with Gasteiger partial charge in [-0.15, -0.1) is 20.5 Å². The van der Waals surface area contributed by atoms with Crippen LogP contribution in [0.2, 0.25) is 0 Å². The number of nitrogens with zero attached hydrogens (tertiary/aromatic N) is 6. The highest BCUT2D eigenvalue weighted by atomic mass is 16.3. The van der Waals surface area contributed by atoms with Gasteiger partial charge >= 0.3 is 11.8 Å². The van der Waals surface area contributed by atoms with Gasteiger partial charge in [0.1, 0.15) is 0 Å². The van der Waals surface area contributed by atoms with Gasteiger partial charge in [0.2, 0.25) is 11.8 Å². The number of aryl methyl sites for hydroxylation is 2. The third-order valence-corrected chi connectivity index (χ3v) is 4.76.